The largest absolute Gasteiger partial charge is 0.292 e. The van der Waals surface area contributed by atoms with Crippen molar-refractivity contribution in [1.82, 2.24) is 15.6 Å². The Hall–Kier alpha value is -2.95. The Bertz CT molecular complexity index is 905. The number of hydrazone groups is 1. The van der Waals surface area contributed by atoms with E-state index in [1.807, 2.05) is 30.3 Å². The molecule has 5 nitrogen and oxygen atoms in total. The summed E-state index contributed by atoms with van der Waals surface area (Å²) in [4.78, 5) is 12.2. The molecule has 2 aromatic carbocycles. The van der Waals surface area contributed by atoms with Gasteiger partial charge in [-0.15, -0.1) is 0 Å². The molecule has 1 aliphatic rings. The van der Waals surface area contributed by atoms with Crippen LogP contribution >= 0.6 is 0 Å². The zero-order chi connectivity index (χ0) is 15.6. The van der Waals surface area contributed by atoms with Gasteiger partial charge in [0.25, 0.3) is 5.91 Å². The quantitative estimate of drug-likeness (QED) is 0.577. The monoisotopic (exact) mass is 304 g/mol. The first-order valence-corrected chi connectivity index (χ1v) is 7.70. The third-order valence-electron chi connectivity index (χ3n) is 4.21. The standard InChI is InChI=1S/C18H16N4O/c23-18(17-15-9-4-10-16(15)20-21-17)22-19-11-13-7-3-6-12-5-1-2-8-14(12)13/h1-3,5-8,11H,4,9-10H2,(H,20,21)(H,22,23)/b19-11-. The van der Waals surface area contributed by atoms with Crippen molar-refractivity contribution in [3.8, 4) is 0 Å². The third kappa shape index (κ3) is 2.50. The van der Waals surface area contributed by atoms with E-state index in [0.717, 1.165) is 46.9 Å². The molecular weight excluding hydrogens is 288 g/mol. The van der Waals surface area contributed by atoms with Gasteiger partial charge < -0.3 is 0 Å². The van der Waals surface area contributed by atoms with Gasteiger partial charge in [-0.2, -0.15) is 10.2 Å². The van der Waals surface area contributed by atoms with E-state index < -0.39 is 0 Å². The molecule has 0 radical (unpaired) electrons. The van der Waals surface area contributed by atoms with Gasteiger partial charge >= 0.3 is 0 Å². The Morgan fingerprint density at radius 1 is 1.17 bits per heavy atom. The van der Waals surface area contributed by atoms with Gasteiger partial charge in [0.2, 0.25) is 0 Å². The number of nitrogens with one attached hydrogen (secondary N) is 2. The van der Waals surface area contributed by atoms with E-state index in [4.69, 9.17) is 0 Å². The molecule has 23 heavy (non-hydrogen) atoms. The highest BCUT2D eigenvalue weighted by molar-refractivity contribution is 6.00. The number of aryl methyl sites for hydroxylation is 1. The number of nitrogens with zero attached hydrogens (tertiary/aromatic N) is 2. The van der Waals surface area contributed by atoms with Gasteiger partial charge in [-0.05, 0) is 30.0 Å². The topological polar surface area (TPSA) is 70.1 Å². The third-order valence-corrected chi connectivity index (χ3v) is 4.21. The van der Waals surface area contributed by atoms with Crippen molar-refractivity contribution >= 4 is 22.9 Å². The van der Waals surface area contributed by atoms with Crippen molar-refractivity contribution in [2.45, 2.75) is 19.3 Å². The first-order valence-electron chi connectivity index (χ1n) is 7.70. The summed E-state index contributed by atoms with van der Waals surface area (Å²) in [6.45, 7) is 0. The second-order valence-electron chi connectivity index (χ2n) is 5.65. The average molecular weight is 304 g/mol. The van der Waals surface area contributed by atoms with Crippen LogP contribution < -0.4 is 5.43 Å². The number of H-pyrrole nitrogens is 1. The smallest absolute Gasteiger partial charge is 0.281 e. The normalized spacial score (nSPS) is 13.6. The molecule has 1 amide bonds. The predicted molar refractivity (Wildman–Crippen MR) is 89.6 cm³/mol. The van der Waals surface area contributed by atoms with Crippen LogP contribution in [0.2, 0.25) is 0 Å². The second-order valence-corrected chi connectivity index (χ2v) is 5.65. The molecule has 0 spiro atoms. The van der Waals surface area contributed by atoms with Crippen molar-refractivity contribution < 1.29 is 4.79 Å². The number of benzene rings is 2. The Balaban J connectivity index is 1.54. The SMILES string of the molecule is O=C(N/N=C\c1cccc2ccccc12)c1n[nH]c2c1CCC2. The van der Waals surface area contributed by atoms with E-state index in [0.29, 0.717) is 5.69 Å². The average Bonchev–Trinajstić information content (AvgIpc) is 3.18. The van der Waals surface area contributed by atoms with Crippen molar-refractivity contribution in [2.75, 3.05) is 0 Å². The maximum Gasteiger partial charge on any atom is 0.292 e. The van der Waals surface area contributed by atoms with Gasteiger partial charge in [-0.3, -0.25) is 9.89 Å². The first-order chi connectivity index (χ1) is 11.3. The van der Waals surface area contributed by atoms with E-state index in [-0.39, 0.29) is 5.91 Å². The molecule has 2 N–H and O–H groups in total. The number of amides is 1. The summed E-state index contributed by atoms with van der Waals surface area (Å²) < 4.78 is 0. The van der Waals surface area contributed by atoms with Crippen LogP contribution in [0.25, 0.3) is 10.8 Å². The molecule has 0 bridgehead atoms. The zero-order valence-corrected chi connectivity index (χ0v) is 12.5. The van der Waals surface area contributed by atoms with Crippen LogP contribution in [-0.2, 0) is 12.8 Å². The molecule has 0 saturated heterocycles. The fraction of sp³-hybridized carbons (Fsp3) is 0.167. The summed E-state index contributed by atoms with van der Waals surface area (Å²) in [5.41, 5.74) is 6.12. The fourth-order valence-electron chi connectivity index (χ4n) is 3.08. The van der Waals surface area contributed by atoms with Crippen LogP contribution in [0.4, 0.5) is 0 Å². The molecule has 0 fully saturated rings. The highest BCUT2D eigenvalue weighted by Crippen LogP contribution is 2.22. The lowest BCUT2D eigenvalue weighted by atomic mass is 10.1. The van der Waals surface area contributed by atoms with Crippen LogP contribution in [0.1, 0.15) is 33.7 Å². The Morgan fingerprint density at radius 2 is 2.04 bits per heavy atom. The fourth-order valence-corrected chi connectivity index (χ4v) is 3.08. The molecule has 0 unspecified atom stereocenters. The summed E-state index contributed by atoms with van der Waals surface area (Å²) >= 11 is 0. The number of hydrogen-bond acceptors (Lipinski definition) is 3. The summed E-state index contributed by atoms with van der Waals surface area (Å²) in [7, 11) is 0. The molecule has 0 saturated carbocycles. The molecule has 1 aliphatic carbocycles. The lowest BCUT2D eigenvalue weighted by Crippen LogP contribution is -2.19. The van der Waals surface area contributed by atoms with Crippen molar-refractivity contribution in [2.24, 2.45) is 5.10 Å². The Morgan fingerprint density at radius 3 is 3.00 bits per heavy atom. The Kier molecular flexibility index (Phi) is 3.38. The lowest BCUT2D eigenvalue weighted by molar-refractivity contribution is 0.0949. The van der Waals surface area contributed by atoms with Crippen molar-refractivity contribution in [1.29, 1.82) is 0 Å². The maximum atomic E-state index is 12.2. The number of carbonyl (C=O) groups excluding carboxylic acids is 1. The molecule has 1 aromatic heterocycles. The predicted octanol–water partition coefficient (Wildman–Crippen LogP) is 2.82. The van der Waals surface area contributed by atoms with E-state index in [1.54, 1.807) is 6.21 Å². The molecule has 0 aliphatic heterocycles. The number of carbonyl (C=O) groups is 1. The Labute approximate surface area is 133 Å². The van der Waals surface area contributed by atoms with Gasteiger partial charge in [-0.1, -0.05) is 42.5 Å². The minimum absolute atomic E-state index is 0.263. The maximum absolute atomic E-state index is 12.2. The molecule has 0 atom stereocenters. The van der Waals surface area contributed by atoms with Gasteiger partial charge in [-0.25, -0.2) is 5.43 Å². The van der Waals surface area contributed by atoms with Crippen LogP contribution in [-0.4, -0.2) is 22.3 Å². The number of aromatic nitrogens is 2. The van der Waals surface area contributed by atoms with E-state index >= 15 is 0 Å². The number of aromatic amines is 1. The number of rotatable bonds is 3. The number of fused-ring (bicyclic) bond motifs is 2. The van der Waals surface area contributed by atoms with Crippen LogP contribution in [0.15, 0.2) is 47.6 Å². The van der Waals surface area contributed by atoms with Gasteiger partial charge in [0.15, 0.2) is 5.69 Å². The molecule has 1 heterocycles. The van der Waals surface area contributed by atoms with Crippen LogP contribution in [0.3, 0.4) is 0 Å². The molecular formula is C18H16N4O. The molecule has 3 aromatic rings. The van der Waals surface area contributed by atoms with Crippen LogP contribution in [0.5, 0.6) is 0 Å². The van der Waals surface area contributed by atoms with Gasteiger partial charge in [0.05, 0.1) is 6.21 Å². The summed E-state index contributed by atoms with van der Waals surface area (Å²) in [6, 6.07) is 14.1. The van der Waals surface area contributed by atoms with E-state index in [1.165, 1.54) is 0 Å². The first kappa shape index (κ1) is 13.7. The van der Waals surface area contributed by atoms with Gasteiger partial charge in [0.1, 0.15) is 0 Å². The van der Waals surface area contributed by atoms with E-state index in [9.17, 15) is 4.79 Å². The summed E-state index contributed by atoms with van der Waals surface area (Å²) in [6.07, 6.45) is 4.62. The van der Waals surface area contributed by atoms with Crippen molar-refractivity contribution in [3.05, 3.63) is 65.0 Å². The second kappa shape index (κ2) is 5.68. The molecule has 5 heteroatoms. The van der Waals surface area contributed by atoms with Crippen molar-refractivity contribution in [3.63, 3.8) is 0 Å². The molecule has 4 rings (SSSR count). The minimum atomic E-state index is -0.263. The van der Waals surface area contributed by atoms with E-state index in [2.05, 4.69) is 32.9 Å². The highest BCUT2D eigenvalue weighted by atomic mass is 16.2. The number of hydrogen-bond donors (Lipinski definition) is 2. The minimum Gasteiger partial charge on any atom is -0.281 e. The summed E-state index contributed by atoms with van der Waals surface area (Å²) in [5.74, 6) is -0.263. The summed E-state index contributed by atoms with van der Waals surface area (Å²) in [5, 5.41) is 13.4. The zero-order valence-electron chi connectivity index (χ0n) is 12.5. The lowest BCUT2D eigenvalue weighted by Gasteiger charge is -2.01. The van der Waals surface area contributed by atoms with Gasteiger partial charge in [0, 0.05) is 16.8 Å². The highest BCUT2D eigenvalue weighted by Gasteiger charge is 2.22. The molecule has 114 valence electrons. The van der Waals surface area contributed by atoms with Crippen LogP contribution in [0, 0.1) is 0 Å².